The number of carbonyl (C=O) groups is 3. The van der Waals surface area contributed by atoms with Gasteiger partial charge in [0.15, 0.2) is 0 Å². The van der Waals surface area contributed by atoms with Gasteiger partial charge in [0.05, 0.1) is 18.6 Å². The normalized spacial score (nSPS) is 19.8. The van der Waals surface area contributed by atoms with Crippen LogP contribution in [-0.2, 0) is 25.7 Å². The van der Waals surface area contributed by atoms with Crippen molar-refractivity contribution in [1.82, 2.24) is 10.6 Å². The summed E-state index contributed by atoms with van der Waals surface area (Å²) in [4.78, 5) is 35.8. The molecule has 1 unspecified atom stereocenters. The van der Waals surface area contributed by atoms with Gasteiger partial charge >= 0.3 is 12.1 Å². The van der Waals surface area contributed by atoms with Crippen molar-refractivity contribution in [3.63, 3.8) is 0 Å². The summed E-state index contributed by atoms with van der Waals surface area (Å²) in [6.45, 7) is 4.40. The number of carboxylic acids is 1. The van der Waals surface area contributed by atoms with Crippen LogP contribution in [0.2, 0.25) is 0 Å². The quantitative estimate of drug-likeness (QED) is 0.593. The summed E-state index contributed by atoms with van der Waals surface area (Å²) in [5.41, 5.74) is 0.849. The third-order valence-corrected chi connectivity index (χ3v) is 4.44. The molecule has 1 aliphatic heterocycles. The molecule has 0 bridgehead atoms. The van der Waals surface area contributed by atoms with Gasteiger partial charge in [0.2, 0.25) is 5.91 Å². The Labute approximate surface area is 164 Å². The van der Waals surface area contributed by atoms with Gasteiger partial charge in [-0.1, -0.05) is 44.2 Å². The lowest BCUT2D eigenvalue weighted by molar-refractivity contribution is -0.140. The molecule has 3 atom stereocenters. The summed E-state index contributed by atoms with van der Waals surface area (Å²) < 4.78 is 10.6. The molecule has 1 aromatic carbocycles. The molecule has 1 saturated heterocycles. The molecule has 0 aromatic heterocycles. The maximum absolute atomic E-state index is 12.7. The van der Waals surface area contributed by atoms with Crippen LogP contribution in [0, 0.1) is 5.92 Å². The van der Waals surface area contributed by atoms with Crippen molar-refractivity contribution in [3.8, 4) is 0 Å². The zero-order valence-electron chi connectivity index (χ0n) is 16.2. The smallest absolute Gasteiger partial charge is 0.408 e. The Morgan fingerprint density at radius 2 is 1.96 bits per heavy atom. The molecule has 8 nitrogen and oxygen atoms in total. The second-order valence-corrected chi connectivity index (χ2v) is 7.30. The van der Waals surface area contributed by atoms with E-state index >= 15 is 0 Å². The number of benzene rings is 1. The van der Waals surface area contributed by atoms with E-state index in [2.05, 4.69) is 10.6 Å². The molecule has 28 heavy (non-hydrogen) atoms. The van der Waals surface area contributed by atoms with Crippen LogP contribution in [0.1, 0.15) is 38.7 Å². The minimum Gasteiger partial charge on any atom is -0.481 e. The van der Waals surface area contributed by atoms with Crippen LogP contribution >= 0.6 is 0 Å². The number of amides is 2. The summed E-state index contributed by atoms with van der Waals surface area (Å²) >= 11 is 0. The first-order valence-corrected chi connectivity index (χ1v) is 9.46. The highest BCUT2D eigenvalue weighted by Crippen LogP contribution is 2.17. The SMILES string of the molecule is CC(C)C[C@H](NC(=O)OCc1ccccc1)C(=O)N[C@H]1CCOC1CC(=O)O. The lowest BCUT2D eigenvalue weighted by Crippen LogP contribution is -2.52. The fourth-order valence-electron chi connectivity index (χ4n) is 3.08. The standard InChI is InChI=1S/C20H28N2O6/c1-13(2)10-16(22-20(26)28-12-14-6-4-3-5-7-14)19(25)21-15-8-9-27-17(15)11-18(23)24/h3-7,13,15-17H,8-12H2,1-2H3,(H,21,25)(H,22,26)(H,23,24)/t15-,16-,17?/m0/s1. The van der Waals surface area contributed by atoms with Gasteiger partial charge in [0.1, 0.15) is 12.6 Å². The van der Waals surface area contributed by atoms with Gasteiger partial charge in [0, 0.05) is 6.61 Å². The van der Waals surface area contributed by atoms with Crippen LogP contribution in [0.15, 0.2) is 30.3 Å². The van der Waals surface area contributed by atoms with Crippen molar-refractivity contribution in [3.05, 3.63) is 35.9 Å². The molecule has 0 aliphatic carbocycles. The monoisotopic (exact) mass is 392 g/mol. The first-order valence-electron chi connectivity index (χ1n) is 9.46. The minimum atomic E-state index is -0.979. The fraction of sp³-hybridized carbons (Fsp3) is 0.550. The van der Waals surface area contributed by atoms with Crippen LogP contribution < -0.4 is 10.6 Å². The first-order chi connectivity index (χ1) is 13.3. The highest BCUT2D eigenvalue weighted by atomic mass is 16.5. The maximum atomic E-state index is 12.7. The molecule has 1 heterocycles. The fourth-order valence-corrected chi connectivity index (χ4v) is 3.08. The van der Waals surface area contributed by atoms with E-state index in [1.165, 1.54) is 0 Å². The lowest BCUT2D eigenvalue weighted by atomic mass is 10.0. The first kappa shape index (κ1) is 21.7. The molecule has 154 valence electrons. The van der Waals surface area contributed by atoms with E-state index in [0.29, 0.717) is 19.4 Å². The van der Waals surface area contributed by atoms with Crippen LogP contribution in [0.25, 0.3) is 0 Å². The molecule has 0 radical (unpaired) electrons. The van der Waals surface area contributed by atoms with Crippen LogP contribution in [0.4, 0.5) is 4.79 Å². The Morgan fingerprint density at radius 3 is 2.61 bits per heavy atom. The summed E-state index contributed by atoms with van der Waals surface area (Å²) in [5.74, 6) is -1.18. The summed E-state index contributed by atoms with van der Waals surface area (Å²) in [6, 6.07) is 8.10. The van der Waals surface area contributed by atoms with E-state index in [0.717, 1.165) is 5.56 Å². The largest absolute Gasteiger partial charge is 0.481 e. The molecule has 0 saturated carbocycles. The highest BCUT2D eigenvalue weighted by Gasteiger charge is 2.33. The number of carboxylic acid groups (broad SMARTS) is 1. The van der Waals surface area contributed by atoms with Gasteiger partial charge < -0.3 is 25.2 Å². The number of aliphatic carboxylic acids is 1. The van der Waals surface area contributed by atoms with E-state index in [1.54, 1.807) is 0 Å². The van der Waals surface area contributed by atoms with E-state index in [9.17, 15) is 14.4 Å². The molecule has 3 N–H and O–H groups in total. The molecular weight excluding hydrogens is 364 g/mol. The van der Waals surface area contributed by atoms with E-state index < -0.39 is 24.2 Å². The third kappa shape index (κ3) is 7.19. The zero-order valence-corrected chi connectivity index (χ0v) is 16.2. The van der Waals surface area contributed by atoms with E-state index in [-0.39, 0.29) is 30.9 Å². The summed E-state index contributed by atoms with van der Waals surface area (Å²) in [7, 11) is 0. The van der Waals surface area contributed by atoms with Gasteiger partial charge in [-0.2, -0.15) is 0 Å². The molecule has 1 aliphatic rings. The number of rotatable bonds is 9. The Morgan fingerprint density at radius 1 is 1.25 bits per heavy atom. The lowest BCUT2D eigenvalue weighted by Gasteiger charge is -2.24. The molecule has 2 rings (SSSR count). The molecule has 0 spiro atoms. The number of hydrogen-bond acceptors (Lipinski definition) is 5. The highest BCUT2D eigenvalue weighted by molar-refractivity contribution is 5.86. The Balaban J connectivity index is 1.91. The van der Waals surface area contributed by atoms with Crippen LogP contribution in [0.5, 0.6) is 0 Å². The van der Waals surface area contributed by atoms with Gasteiger partial charge in [-0.3, -0.25) is 9.59 Å². The predicted octanol–water partition coefficient (Wildman–Crippen LogP) is 2.08. The number of ether oxygens (including phenoxy) is 2. The second kappa shape index (κ2) is 10.7. The molecular formula is C20H28N2O6. The van der Waals surface area contributed by atoms with Crippen molar-refractivity contribution in [2.75, 3.05) is 6.61 Å². The van der Waals surface area contributed by atoms with Gasteiger partial charge in [-0.15, -0.1) is 0 Å². The minimum absolute atomic E-state index is 0.111. The average Bonchev–Trinajstić information content (AvgIpc) is 3.06. The number of alkyl carbamates (subject to hydrolysis) is 1. The molecule has 2 amide bonds. The second-order valence-electron chi connectivity index (χ2n) is 7.30. The van der Waals surface area contributed by atoms with Crippen LogP contribution in [0.3, 0.4) is 0 Å². The maximum Gasteiger partial charge on any atom is 0.408 e. The Hall–Kier alpha value is -2.61. The van der Waals surface area contributed by atoms with E-state index in [4.69, 9.17) is 14.6 Å². The molecule has 1 aromatic rings. The number of carbonyl (C=O) groups excluding carboxylic acids is 2. The Bertz CT molecular complexity index is 664. The topological polar surface area (TPSA) is 114 Å². The Kier molecular flexibility index (Phi) is 8.25. The summed E-state index contributed by atoms with van der Waals surface area (Å²) in [5, 5.41) is 14.4. The average molecular weight is 392 g/mol. The van der Waals surface area contributed by atoms with Gasteiger partial charge in [-0.25, -0.2) is 4.79 Å². The number of hydrogen-bond donors (Lipinski definition) is 3. The van der Waals surface area contributed by atoms with E-state index in [1.807, 2.05) is 44.2 Å². The third-order valence-electron chi connectivity index (χ3n) is 4.44. The van der Waals surface area contributed by atoms with Gasteiger partial charge in [0.25, 0.3) is 0 Å². The molecule has 8 heteroatoms. The number of nitrogens with one attached hydrogen (secondary N) is 2. The van der Waals surface area contributed by atoms with Crippen molar-refractivity contribution >= 4 is 18.0 Å². The van der Waals surface area contributed by atoms with Crippen molar-refractivity contribution < 1.29 is 29.0 Å². The predicted molar refractivity (Wildman–Crippen MR) is 102 cm³/mol. The van der Waals surface area contributed by atoms with Crippen molar-refractivity contribution in [2.45, 2.75) is 57.9 Å². The van der Waals surface area contributed by atoms with Gasteiger partial charge in [-0.05, 0) is 24.3 Å². The summed E-state index contributed by atoms with van der Waals surface area (Å²) in [6.07, 6.45) is -0.438. The van der Waals surface area contributed by atoms with Crippen LogP contribution in [-0.4, -0.2) is 47.9 Å². The zero-order chi connectivity index (χ0) is 20.5. The van der Waals surface area contributed by atoms with Crippen molar-refractivity contribution in [1.29, 1.82) is 0 Å². The van der Waals surface area contributed by atoms with Crippen molar-refractivity contribution in [2.24, 2.45) is 5.92 Å². The molecule has 1 fully saturated rings.